The van der Waals surface area contributed by atoms with Crippen molar-refractivity contribution < 1.29 is 0 Å². The molecule has 0 spiro atoms. The minimum absolute atomic E-state index is 0.347. The molecular weight excluding hydrogens is 228 g/mol. The third kappa shape index (κ3) is 6.09. The summed E-state index contributed by atoms with van der Waals surface area (Å²) in [6.07, 6.45) is 14.8. The van der Waals surface area contributed by atoms with Crippen LogP contribution >= 0.6 is 0 Å². The summed E-state index contributed by atoms with van der Waals surface area (Å²) in [6.45, 7) is 15.2. The summed E-state index contributed by atoms with van der Waals surface area (Å²) in [5.74, 6) is 0. The van der Waals surface area contributed by atoms with E-state index in [0.29, 0.717) is 5.41 Å². The molecule has 19 heavy (non-hydrogen) atoms. The smallest absolute Gasteiger partial charge is 0.0104 e. The van der Waals surface area contributed by atoms with E-state index < -0.39 is 0 Å². The van der Waals surface area contributed by atoms with Gasteiger partial charge < -0.3 is 0 Å². The van der Waals surface area contributed by atoms with Gasteiger partial charge in [-0.1, -0.05) is 69.2 Å². The molecule has 0 nitrogen and oxygen atoms in total. The van der Waals surface area contributed by atoms with Gasteiger partial charge in [-0.15, -0.1) is 0 Å². The predicted molar refractivity (Wildman–Crippen MR) is 89.4 cm³/mol. The van der Waals surface area contributed by atoms with Crippen molar-refractivity contribution in [1.29, 1.82) is 0 Å². The molecule has 0 fully saturated rings. The van der Waals surface area contributed by atoms with E-state index in [1.165, 1.54) is 30.4 Å². The first-order valence-electron chi connectivity index (χ1n) is 7.65. The molecule has 0 saturated heterocycles. The van der Waals surface area contributed by atoms with Gasteiger partial charge >= 0.3 is 0 Å². The van der Waals surface area contributed by atoms with E-state index in [1.54, 1.807) is 5.57 Å². The molecular formula is C19H32. The van der Waals surface area contributed by atoms with Crippen molar-refractivity contribution in [2.24, 2.45) is 5.41 Å². The quantitative estimate of drug-likeness (QED) is 0.500. The van der Waals surface area contributed by atoms with Gasteiger partial charge in [0.25, 0.3) is 0 Å². The van der Waals surface area contributed by atoms with Crippen molar-refractivity contribution in [3.63, 3.8) is 0 Å². The van der Waals surface area contributed by atoms with E-state index in [0.717, 1.165) is 0 Å². The topological polar surface area (TPSA) is 0 Å². The van der Waals surface area contributed by atoms with Crippen molar-refractivity contribution in [3.8, 4) is 0 Å². The maximum Gasteiger partial charge on any atom is -0.0104 e. The van der Waals surface area contributed by atoms with Crippen LogP contribution in [0.25, 0.3) is 0 Å². The fraction of sp³-hybridized carbons (Fsp3) is 0.579. The first kappa shape index (κ1) is 18.0. The predicted octanol–water partition coefficient (Wildman–Crippen LogP) is 6.62. The fourth-order valence-corrected chi connectivity index (χ4v) is 2.53. The molecule has 0 N–H and O–H groups in total. The molecule has 0 aromatic rings. The van der Waals surface area contributed by atoms with Crippen LogP contribution in [0.2, 0.25) is 0 Å². The van der Waals surface area contributed by atoms with Gasteiger partial charge in [0.1, 0.15) is 0 Å². The standard InChI is InChI=1S/C17H26.C2H6/c1-6-7-9-14(2)11-12-16-15(3)10-8-13-17(16,4)5;1-2/h6-7,9,11-12H,8,10,13H2,1-5H3;1-2H3/b7-6+,12-11+,14-9+;. The van der Waals surface area contributed by atoms with Gasteiger partial charge in [0.15, 0.2) is 0 Å². The minimum atomic E-state index is 0.347. The van der Waals surface area contributed by atoms with E-state index in [-0.39, 0.29) is 0 Å². The zero-order valence-corrected chi connectivity index (χ0v) is 14.0. The summed E-state index contributed by atoms with van der Waals surface area (Å²) in [5, 5.41) is 0. The molecule has 0 radical (unpaired) electrons. The second-order valence-corrected chi connectivity index (χ2v) is 5.70. The molecule has 0 atom stereocenters. The molecule has 1 aliphatic carbocycles. The molecule has 0 aromatic heterocycles. The largest absolute Gasteiger partial charge is 0.0877 e. The lowest BCUT2D eigenvalue weighted by Crippen LogP contribution is -2.19. The van der Waals surface area contributed by atoms with E-state index in [4.69, 9.17) is 0 Å². The lowest BCUT2D eigenvalue weighted by molar-refractivity contribution is 0.377. The second kappa shape index (κ2) is 8.96. The van der Waals surface area contributed by atoms with E-state index in [9.17, 15) is 0 Å². The van der Waals surface area contributed by atoms with Crippen LogP contribution in [0.15, 0.2) is 47.1 Å². The summed E-state index contributed by atoms with van der Waals surface area (Å²) >= 11 is 0. The Bertz CT molecular complexity index is 373. The first-order chi connectivity index (χ1) is 8.97. The van der Waals surface area contributed by atoms with Gasteiger partial charge in [-0.25, -0.2) is 0 Å². The highest BCUT2D eigenvalue weighted by Gasteiger charge is 2.26. The highest BCUT2D eigenvalue weighted by Crippen LogP contribution is 2.40. The summed E-state index contributed by atoms with van der Waals surface area (Å²) in [5.41, 5.74) is 4.76. The number of hydrogen-bond acceptors (Lipinski definition) is 0. The van der Waals surface area contributed by atoms with Gasteiger partial charge in [0.05, 0.1) is 0 Å². The summed E-state index contributed by atoms with van der Waals surface area (Å²) in [6, 6.07) is 0. The Morgan fingerprint density at radius 1 is 1.21 bits per heavy atom. The Kier molecular flexibility index (Phi) is 8.47. The maximum atomic E-state index is 2.36. The van der Waals surface area contributed by atoms with Crippen molar-refractivity contribution in [2.45, 2.75) is 67.7 Å². The van der Waals surface area contributed by atoms with Crippen LogP contribution in [0, 0.1) is 5.41 Å². The summed E-state index contributed by atoms with van der Waals surface area (Å²) in [7, 11) is 0. The van der Waals surface area contributed by atoms with Crippen LogP contribution in [-0.2, 0) is 0 Å². The zero-order valence-electron chi connectivity index (χ0n) is 14.0. The van der Waals surface area contributed by atoms with Crippen LogP contribution in [0.1, 0.15) is 67.7 Å². The molecule has 1 rings (SSSR count). The highest BCUT2D eigenvalue weighted by atomic mass is 14.3. The van der Waals surface area contributed by atoms with Crippen LogP contribution in [0.3, 0.4) is 0 Å². The Morgan fingerprint density at radius 2 is 1.84 bits per heavy atom. The molecule has 0 aromatic carbocycles. The minimum Gasteiger partial charge on any atom is -0.0877 e. The van der Waals surface area contributed by atoms with Crippen LogP contribution < -0.4 is 0 Å². The summed E-state index contributed by atoms with van der Waals surface area (Å²) in [4.78, 5) is 0. The van der Waals surface area contributed by atoms with Gasteiger partial charge in [0.2, 0.25) is 0 Å². The average molecular weight is 260 g/mol. The molecule has 0 aliphatic heterocycles. The molecule has 0 saturated carbocycles. The van der Waals surface area contributed by atoms with Gasteiger partial charge in [-0.3, -0.25) is 0 Å². The SMILES string of the molecule is C/C=C/C=C(C)/C=C/C1=C(C)CCCC1(C)C.CC. The molecule has 108 valence electrons. The monoisotopic (exact) mass is 260 g/mol. The van der Waals surface area contributed by atoms with Crippen molar-refractivity contribution in [2.75, 3.05) is 0 Å². The molecule has 0 unspecified atom stereocenters. The molecule has 0 amide bonds. The Balaban J connectivity index is 0.00000154. The maximum absolute atomic E-state index is 2.36. The Labute approximate surface area is 121 Å². The van der Waals surface area contributed by atoms with Crippen molar-refractivity contribution in [1.82, 2.24) is 0 Å². The van der Waals surface area contributed by atoms with Gasteiger partial charge in [-0.05, 0) is 51.0 Å². The van der Waals surface area contributed by atoms with Gasteiger partial charge in [-0.2, -0.15) is 0 Å². The van der Waals surface area contributed by atoms with Crippen molar-refractivity contribution in [3.05, 3.63) is 47.1 Å². The molecule has 0 bridgehead atoms. The van der Waals surface area contributed by atoms with Crippen molar-refractivity contribution >= 4 is 0 Å². The van der Waals surface area contributed by atoms with Crippen LogP contribution in [0.5, 0.6) is 0 Å². The normalized spacial score (nSPS) is 19.8. The average Bonchev–Trinajstić information content (AvgIpc) is 2.37. The Morgan fingerprint density at radius 3 is 2.37 bits per heavy atom. The van der Waals surface area contributed by atoms with E-state index in [2.05, 4.69) is 58.1 Å². The van der Waals surface area contributed by atoms with E-state index >= 15 is 0 Å². The molecule has 0 heterocycles. The zero-order chi connectivity index (χ0) is 14.9. The third-order valence-corrected chi connectivity index (χ3v) is 3.61. The van der Waals surface area contributed by atoms with Crippen LogP contribution in [0.4, 0.5) is 0 Å². The number of rotatable bonds is 3. The molecule has 0 heteroatoms. The highest BCUT2D eigenvalue weighted by molar-refractivity contribution is 5.36. The number of allylic oxidation sites excluding steroid dienone is 8. The fourth-order valence-electron chi connectivity index (χ4n) is 2.53. The summed E-state index contributed by atoms with van der Waals surface area (Å²) < 4.78 is 0. The van der Waals surface area contributed by atoms with E-state index in [1.807, 2.05) is 20.8 Å². The van der Waals surface area contributed by atoms with Gasteiger partial charge in [0, 0.05) is 0 Å². The first-order valence-corrected chi connectivity index (χ1v) is 7.65. The lowest BCUT2D eigenvalue weighted by atomic mass is 9.72. The second-order valence-electron chi connectivity index (χ2n) is 5.70. The lowest BCUT2D eigenvalue weighted by Gasteiger charge is -2.32. The number of hydrogen-bond donors (Lipinski definition) is 0. The third-order valence-electron chi connectivity index (χ3n) is 3.61. The molecule has 1 aliphatic rings. The van der Waals surface area contributed by atoms with Crippen LogP contribution in [-0.4, -0.2) is 0 Å². The Hall–Kier alpha value is -1.04.